The number of carbonyl (C=O) groups is 2. The molecule has 0 fully saturated rings. The lowest BCUT2D eigenvalue weighted by Gasteiger charge is -2.07. The molecular weight excluding hydrogens is 402 g/mol. The number of fused-ring (bicyclic) bond motifs is 1. The first-order valence-electron chi connectivity index (χ1n) is 7.82. The van der Waals surface area contributed by atoms with E-state index in [1.807, 2.05) is 19.1 Å². The summed E-state index contributed by atoms with van der Waals surface area (Å²) in [5.41, 5.74) is 2.40. The summed E-state index contributed by atoms with van der Waals surface area (Å²) in [5, 5.41) is 2.68. The molecule has 1 amide bonds. The van der Waals surface area contributed by atoms with Crippen LogP contribution >= 0.6 is 15.9 Å². The highest BCUT2D eigenvalue weighted by molar-refractivity contribution is 9.10. The summed E-state index contributed by atoms with van der Waals surface area (Å²) in [6.07, 6.45) is 2.84. The highest BCUT2D eigenvalue weighted by atomic mass is 79.9. The number of aryl methyl sites for hydroxylation is 1. The molecule has 1 aliphatic heterocycles. The van der Waals surface area contributed by atoms with E-state index in [4.69, 9.17) is 14.2 Å². The van der Waals surface area contributed by atoms with Crippen LogP contribution in [0.4, 0.5) is 5.69 Å². The van der Waals surface area contributed by atoms with E-state index >= 15 is 0 Å². The summed E-state index contributed by atoms with van der Waals surface area (Å²) in [6, 6.07) is 10.7. The summed E-state index contributed by atoms with van der Waals surface area (Å²) >= 11 is 3.39. The molecule has 6 nitrogen and oxygen atoms in total. The Morgan fingerprint density at radius 1 is 1.19 bits per heavy atom. The van der Waals surface area contributed by atoms with Gasteiger partial charge in [0.25, 0.3) is 5.91 Å². The molecule has 26 heavy (non-hydrogen) atoms. The molecule has 0 aromatic heterocycles. The Labute approximate surface area is 158 Å². The number of halogens is 1. The quantitative estimate of drug-likeness (QED) is 0.593. The lowest BCUT2D eigenvalue weighted by atomic mass is 10.2. The first kappa shape index (κ1) is 18.0. The fourth-order valence-electron chi connectivity index (χ4n) is 2.29. The number of amides is 1. The number of carbonyl (C=O) groups excluding carboxylic acids is 2. The summed E-state index contributed by atoms with van der Waals surface area (Å²) < 4.78 is 16.4. The van der Waals surface area contributed by atoms with E-state index in [0.717, 1.165) is 15.6 Å². The van der Waals surface area contributed by atoms with E-state index in [1.54, 1.807) is 30.3 Å². The lowest BCUT2D eigenvalue weighted by molar-refractivity contribution is -0.142. The minimum absolute atomic E-state index is 0.192. The normalized spacial score (nSPS) is 12.2. The van der Waals surface area contributed by atoms with Crippen LogP contribution in [-0.4, -0.2) is 25.3 Å². The van der Waals surface area contributed by atoms with E-state index in [9.17, 15) is 9.59 Å². The third kappa shape index (κ3) is 4.64. The number of hydrogen-bond donors (Lipinski definition) is 1. The number of anilines is 1. The average Bonchev–Trinajstić information content (AvgIpc) is 3.09. The van der Waals surface area contributed by atoms with Crippen molar-refractivity contribution in [2.24, 2.45) is 0 Å². The zero-order chi connectivity index (χ0) is 18.5. The first-order valence-corrected chi connectivity index (χ1v) is 8.61. The van der Waals surface area contributed by atoms with Gasteiger partial charge in [-0.25, -0.2) is 4.79 Å². The fourth-order valence-corrected chi connectivity index (χ4v) is 2.53. The van der Waals surface area contributed by atoms with Gasteiger partial charge >= 0.3 is 5.97 Å². The predicted octanol–water partition coefficient (Wildman–Crippen LogP) is 3.68. The maximum Gasteiger partial charge on any atom is 0.331 e. The Bertz CT molecular complexity index is 878. The molecule has 1 heterocycles. The second kappa shape index (κ2) is 8.05. The summed E-state index contributed by atoms with van der Waals surface area (Å²) in [7, 11) is 0. The Morgan fingerprint density at radius 3 is 2.81 bits per heavy atom. The molecule has 0 saturated heterocycles. The van der Waals surface area contributed by atoms with Crippen LogP contribution in [0.2, 0.25) is 0 Å². The van der Waals surface area contributed by atoms with Gasteiger partial charge in [-0.1, -0.05) is 22.0 Å². The van der Waals surface area contributed by atoms with Crippen molar-refractivity contribution in [1.82, 2.24) is 0 Å². The molecule has 0 saturated carbocycles. The molecule has 134 valence electrons. The molecule has 0 atom stereocenters. The molecular formula is C19H16BrNO5. The van der Waals surface area contributed by atoms with Crippen molar-refractivity contribution >= 4 is 39.6 Å². The van der Waals surface area contributed by atoms with Crippen LogP contribution in [0.15, 0.2) is 46.9 Å². The van der Waals surface area contributed by atoms with E-state index in [1.165, 1.54) is 6.08 Å². The van der Waals surface area contributed by atoms with Crippen molar-refractivity contribution in [3.05, 3.63) is 58.1 Å². The van der Waals surface area contributed by atoms with Crippen molar-refractivity contribution in [2.75, 3.05) is 18.7 Å². The van der Waals surface area contributed by atoms with Crippen LogP contribution in [0.5, 0.6) is 11.5 Å². The number of rotatable bonds is 5. The van der Waals surface area contributed by atoms with Gasteiger partial charge < -0.3 is 19.5 Å². The number of esters is 1. The Kier molecular flexibility index (Phi) is 5.58. The van der Waals surface area contributed by atoms with Gasteiger partial charge in [0.05, 0.1) is 0 Å². The predicted molar refractivity (Wildman–Crippen MR) is 100 cm³/mol. The molecule has 0 radical (unpaired) electrons. The summed E-state index contributed by atoms with van der Waals surface area (Å²) in [6.45, 7) is 1.75. The van der Waals surface area contributed by atoms with E-state index in [-0.39, 0.29) is 13.4 Å². The molecule has 3 rings (SSSR count). The van der Waals surface area contributed by atoms with Crippen LogP contribution in [0.3, 0.4) is 0 Å². The number of benzene rings is 2. The van der Waals surface area contributed by atoms with Crippen molar-refractivity contribution in [1.29, 1.82) is 0 Å². The third-order valence-corrected chi connectivity index (χ3v) is 4.49. The van der Waals surface area contributed by atoms with Gasteiger partial charge in [0.1, 0.15) is 0 Å². The van der Waals surface area contributed by atoms with E-state index in [2.05, 4.69) is 21.2 Å². The molecule has 7 heteroatoms. The summed E-state index contributed by atoms with van der Waals surface area (Å²) in [5.74, 6) is 0.288. The highest BCUT2D eigenvalue weighted by Crippen LogP contribution is 2.32. The zero-order valence-electron chi connectivity index (χ0n) is 14.0. The molecule has 2 aromatic carbocycles. The van der Waals surface area contributed by atoms with Crippen molar-refractivity contribution in [3.63, 3.8) is 0 Å². The van der Waals surface area contributed by atoms with Gasteiger partial charge in [-0.3, -0.25) is 4.79 Å². The number of hydrogen-bond acceptors (Lipinski definition) is 5. The monoisotopic (exact) mass is 417 g/mol. The Balaban J connectivity index is 1.48. The van der Waals surface area contributed by atoms with E-state index < -0.39 is 11.9 Å². The molecule has 1 aliphatic rings. The minimum atomic E-state index is -0.607. The van der Waals surface area contributed by atoms with Crippen LogP contribution in [0.1, 0.15) is 11.1 Å². The maximum absolute atomic E-state index is 11.9. The molecule has 2 aromatic rings. The molecule has 0 bridgehead atoms. The van der Waals surface area contributed by atoms with Gasteiger partial charge in [0.2, 0.25) is 6.79 Å². The van der Waals surface area contributed by atoms with Gasteiger partial charge in [-0.2, -0.15) is 0 Å². The topological polar surface area (TPSA) is 73.9 Å². The lowest BCUT2D eigenvalue weighted by Crippen LogP contribution is -2.20. The average molecular weight is 418 g/mol. The number of ether oxygens (including phenoxy) is 3. The van der Waals surface area contributed by atoms with Crippen molar-refractivity contribution in [2.45, 2.75) is 6.92 Å². The van der Waals surface area contributed by atoms with Gasteiger partial charge in [0, 0.05) is 16.2 Å². The number of nitrogens with one attached hydrogen (secondary N) is 1. The smallest absolute Gasteiger partial charge is 0.331 e. The van der Waals surface area contributed by atoms with Crippen molar-refractivity contribution < 1.29 is 23.8 Å². The molecule has 0 aliphatic carbocycles. The Hall–Kier alpha value is -2.80. The third-order valence-electron chi connectivity index (χ3n) is 3.60. The van der Waals surface area contributed by atoms with Crippen LogP contribution in [0, 0.1) is 6.92 Å². The Morgan fingerprint density at radius 2 is 2.00 bits per heavy atom. The van der Waals surface area contributed by atoms with Gasteiger partial charge in [-0.15, -0.1) is 0 Å². The standard InChI is InChI=1S/C19H16BrNO5/c1-12-8-14(4-5-15(12)20)21-18(22)10-24-19(23)7-3-13-2-6-16-17(9-13)26-11-25-16/h2-9H,10-11H2,1H3,(H,21,22)/b7-3+. The highest BCUT2D eigenvalue weighted by Gasteiger charge is 2.12. The summed E-state index contributed by atoms with van der Waals surface area (Å²) in [4.78, 5) is 23.6. The largest absolute Gasteiger partial charge is 0.454 e. The molecule has 0 unspecified atom stereocenters. The first-order chi connectivity index (χ1) is 12.5. The molecule has 1 N–H and O–H groups in total. The SMILES string of the molecule is Cc1cc(NC(=O)COC(=O)/C=C/c2ccc3c(c2)OCO3)ccc1Br. The fraction of sp³-hybridized carbons (Fsp3) is 0.158. The van der Waals surface area contributed by atoms with E-state index in [0.29, 0.717) is 17.2 Å². The van der Waals surface area contributed by atoms with Crippen LogP contribution in [0.25, 0.3) is 6.08 Å². The minimum Gasteiger partial charge on any atom is -0.454 e. The second-order valence-electron chi connectivity index (χ2n) is 5.57. The second-order valence-corrected chi connectivity index (χ2v) is 6.42. The molecule has 0 spiro atoms. The maximum atomic E-state index is 11.9. The van der Waals surface area contributed by atoms with Crippen LogP contribution < -0.4 is 14.8 Å². The zero-order valence-corrected chi connectivity index (χ0v) is 15.5. The van der Waals surface area contributed by atoms with Gasteiger partial charge in [0.15, 0.2) is 18.1 Å². The van der Waals surface area contributed by atoms with Crippen molar-refractivity contribution in [3.8, 4) is 11.5 Å². The van der Waals surface area contributed by atoms with Crippen LogP contribution in [-0.2, 0) is 14.3 Å². The van der Waals surface area contributed by atoms with Gasteiger partial charge in [-0.05, 0) is 54.5 Å².